The molecule has 35 heavy (non-hydrogen) atoms. The highest BCUT2D eigenvalue weighted by atomic mass is 19.1. The highest BCUT2D eigenvalue weighted by molar-refractivity contribution is 5.95. The van der Waals surface area contributed by atoms with Crippen LogP contribution in [0, 0.1) is 11.6 Å². The van der Waals surface area contributed by atoms with Gasteiger partial charge in [-0.25, -0.2) is 13.6 Å². The first-order valence-electron chi connectivity index (χ1n) is 11.4. The van der Waals surface area contributed by atoms with Gasteiger partial charge in [-0.05, 0) is 61.8 Å². The van der Waals surface area contributed by atoms with Crippen molar-refractivity contribution in [3.63, 3.8) is 0 Å². The van der Waals surface area contributed by atoms with Gasteiger partial charge in [-0.1, -0.05) is 12.1 Å². The zero-order valence-electron chi connectivity index (χ0n) is 18.8. The van der Waals surface area contributed by atoms with Crippen molar-refractivity contribution in [2.75, 3.05) is 13.1 Å². The second-order valence-corrected chi connectivity index (χ2v) is 8.56. The number of hydrogen-bond donors (Lipinski definition) is 4. The highest BCUT2D eigenvalue weighted by Gasteiger charge is 2.23. The van der Waals surface area contributed by atoms with Gasteiger partial charge in [-0.15, -0.1) is 0 Å². The Morgan fingerprint density at radius 2 is 1.80 bits per heavy atom. The van der Waals surface area contributed by atoms with E-state index in [0.29, 0.717) is 36.2 Å². The number of nitrogens with one attached hydrogen (secondary N) is 3. The van der Waals surface area contributed by atoms with E-state index in [1.54, 1.807) is 24.4 Å². The highest BCUT2D eigenvalue weighted by Crippen LogP contribution is 2.27. The van der Waals surface area contributed by atoms with Gasteiger partial charge >= 0.3 is 5.69 Å². The second kappa shape index (κ2) is 9.40. The van der Waals surface area contributed by atoms with E-state index >= 15 is 0 Å². The number of hydrogen-bond acceptors (Lipinski definition) is 5. The summed E-state index contributed by atoms with van der Waals surface area (Å²) in [6.07, 6.45) is 3.01. The van der Waals surface area contributed by atoms with Crippen LogP contribution in [0.15, 0.2) is 53.5 Å². The number of nitrogens with two attached hydrogens (primary N) is 1. The largest absolute Gasteiger partial charge is 0.354 e. The maximum Gasteiger partial charge on any atom is 0.354 e. The average molecular weight is 479 g/mol. The van der Waals surface area contributed by atoms with Crippen LogP contribution in [0.1, 0.15) is 28.8 Å². The maximum absolute atomic E-state index is 14.9. The maximum atomic E-state index is 14.9. The number of halogens is 2. The molecule has 1 amide bonds. The van der Waals surface area contributed by atoms with Crippen molar-refractivity contribution in [3.05, 3.63) is 81.9 Å². The number of aromatic nitrogens is 3. The van der Waals surface area contributed by atoms with E-state index in [1.165, 1.54) is 4.57 Å². The molecule has 1 aliphatic rings. The second-order valence-electron chi connectivity index (χ2n) is 8.56. The molecule has 0 radical (unpaired) electrons. The first-order chi connectivity index (χ1) is 16.9. The summed E-state index contributed by atoms with van der Waals surface area (Å²) < 4.78 is 31.1. The Bertz CT molecular complexity index is 1430. The molecular formula is C25H24F2N6O2. The van der Waals surface area contributed by atoms with Crippen molar-refractivity contribution in [1.82, 2.24) is 25.2 Å². The summed E-state index contributed by atoms with van der Waals surface area (Å²) in [5.41, 5.74) is 6.91. The van der Waals surface area contributed by atoms with Crippen molar-refractivity contribution < 1.29 is 13.6 Å². The van der Waals surface area contributed by atoms with E-state index in [1.807, 2.05) is 12.1 Å². The van der Waals surface area contributed by atoms with E-state index in [9.17, 15) is 18.4 Å². The number of nitrogens with zero attached hydrogens (tertiary/aromatic N) is 2. The third-order valence-electron chi connectivity index (χ3n) is 6.21. The quantitative estimate of drug-likeness (QED) is 0.352. The minimum absolute atomic E-state index is 0.124. The Kier molecular flexibility index (Phi) is 6.14. The minimum atomic E-state index is -0.961. The first kappa shape index (κ1) is 22.9. The van der Waals surface area contributed by atoms with E-state index in [4.69, 9.17) is 5.73 Å². The van der Waals surface area contributed by atoms with Crippen LogP contribution < -0.4 is 22.1 Å². The van der Waals surface area contributed by atoms with Gasteiger partial charge in [0, 0.05) is 35.4 Å². The van der Waals surface area contributed by atoms with Crippen LogP contribution in [-0.4, -0.2) is 39.6 Å². The predicted molar refractivity (Wildman–Crippen MR) is 128 cm³/mol. The predicted octanol–water partition coefficient (Wildman–Crippen LogP) is 2.60. The number of H-pyrrole nitrogens is 1. The third-order valence-corrected chi connectivity index (χ3v) is 6.21. The lowest BCUT2D eigenvalue weighted by Crippen LogP contribution is -2.43. The molecule has 1 fully saturated rings. The number of benzene rings is 2. The summed E-state index contributed by atoms with van der Waals surface area (Å²) >= 11 is 0. The van der Waals surface area contributed by atoms with Crippen molar-refractivity contribution in [1.29, 1.82) is 0 Å². The molecule has 0 unspecified atom stereocenters. The summed E-state index contributed by atoms with van der Waals surface area (Å²) in [7, 11) is 0. The number of carbonyl (C=O) groups is 1. The van der Waals surface area contributed by atoms with Crippen molar-refractivity contribution in [2.45, 2.75) is 25.4 Å². The number of aromatic amines is 1. The molecule has 4 aromatic rings. The molecule has 0 saturated carbocycles. The standard InChI is InChI=1S/C25H24F2N6O2/c26-19-9-15(10-20(27)22(19)24(34)30-17-5-7-29-8-6-17)21-11-16-13-33(25(35)32-23(16)31-21)18-3-1-14(12-28)2-4-18/h1-4,9-11,13,17,29H,5-8,12,28H2,(H,30,34)(H,31,32,35). The van der Waals surface area contributed by atoms with Crippen LogP contribution in [-0.2, 0) is 6.54 Å². The number of fused-ring (bicyclic) bond motifs is 1. The fourth-order valence-electron chi connectivity index (χ4n) is 4.30. The van der Waals surface area contributed by atoms with Gasteiger partial charge in [0.25, 0.3) is 5.91 Å². The summed E-state index contributed by atoms with van der Waals surface area (Å²) in [5, 5.41) is 6.47. The van der Waals surface area contributed by atoms with E-state index < -0.39 is 28.8 Å². The van der Waals surface area contributed by atoms with Crippen LogP contribution in [0.25, 0.3) is 28.0 Å². The zero-order valence-corrected chi connectivity index (χ0v) is 18.8. The van der Waals surface area contributed by atoms with Crippen molar-refractivity contribution in [3.8, 4) is 16.9 Å². The van der Waals surface area contributed by atoms with Crippen LogP contribution >= 0.6 is 0 Å². The fraction of sp³-hybridized carbons (Fsp3) is 0.240. The lowest BCUT2D eigenvalue weighted by Gasteiger charge is -2.23. The number of piperidine rings is 1. The molecule has 0 atom stereocenters. The van der Waals surface area contributed by atoms with E-state index in [-0.39, 0.29) is 17.3 Å². The Balaban J connectivity index is 1.45. The number of carbonyl (C=O) groups excluding carboxylic acids is 1. The molecule has 0 bridgehead atoms. The average Bonchev–Trinajstić information content (AvgIpc) is 3.26. The molecule has 0 aliphatic carbocycles. The third kappa shape index (κ3) is 4.58. The van der Waals surface area contributed by atoms with Crippen LogP contribution in [0.5, 0.6) is 0 Å². The smallest absolute Gasteiger partial charge is 0.349 e. The van der Waals surface area contributed by atoms with Crippen molar-refractivity contribution >= 4 is 16.9 Å². The summed E-state index contributed by atoms with van der Waals surface area (Å²) in [5.74, 6) is -2.69. The summed E-state index contributed by atoms with van der Waals surface area (Å²) in [6, 6.07) is 10.9. The van der Waals surface area contributed by atoms with Gasteiger partial charge in [-0.3, -0.25) is 9.36 Å². The van der Waals surface area contributed by atoms with Gasteiger partial charge in [0.2, 0.25) is 0 Å². The van der Waals surface area contributed by atoms with Crippen LogP contribution in [0.3, 0.4) is 0 Å². The van der Waals surface area contributed by atoms with E-state index in [2.05, 4.69) is 20.6 Å². The lowest BCUT2D eigenvalue weighted by atomic mass is 10.0. The summed E-state index contributed by atoms with van der Waals surface area (Å²) in [6.45, 7) is 1.87. The molecule has 1 saturated heterocycles. The molecule has 5 N–H and O–H groups in total. The molecule has 3 heterocycles. The van der Waals surface area contributed by atoms with Gasteiger partial charge in [0.1, 0.15) is 22.8 Å². The molecule has 10 heteroatoms. The monoisotopic (exact) mass is 478 g/mol. The number of amides is 1. The van der Waals surface area contributed by atoms with E-state index in [0.717, 1.165) is 30.8 Å². The molecule has 8 nitrogen and oxygen atoms in total. The minimum Gasteiger partial charge on any atom is -0.349 e. The van der Waals surface area contributed by atoms with Gasteiger partial charge in [0.15, 0.2) is 0 Å². The summed E-state index contributed by atoms with van der Waals surface area (Å²) in [4.78, 5) is 32.1. The normalized spacial score (nSPS) is 14.4. The fourth-order valence-corrected chi connectivity index (χ4v) is 4.30. The molecule has 1 aliphatic heterocycles. The Hall–Kier alpha value is -3.89. The topological polar surface area (TPSA) is 118 Å². The van der Waals surface area contributed by atoms with Crippen molar-refractivity contribution in [2.24, 2.45) is 5.73 Å². The molecule has 180 valence electrons. The van der Waals surface area contributed by atoms with Crippen LogP contribution in [0.4, 0.5) is 8.78 Å². The number of rotatable bonds is 5. The first-order valence-corrected chi connectivity index (χ1v) is 11.4. The Morgan fingerprint density at radius 3 is 2.46 bits per heavy atom. The molecule has 2 aromatic heterocycles. The molecular weight excluding hydrogens is 454 g/mol. The molecule has 5 rings (SSSR count). The Morgan fingerprint density at radius 1 is 1.11 bits per heavy atom. The van der Waals surface area contributed by atoms with Crippen LogP contribution in [0.2, 0.25) is 0 Å². The molecule has 2 aromatic carbocycles. The van der Waals surface area contributed by atoms with Gasteiger partial charge in [0.05, 0.1) is 5.69 Å². The lowest BCUT2D eigenvalue weighted by molar-refractivity contribution is 0.0921. The van der Waals surface area contributed by atoms with Gasteiger partial charge in [-0.2, -0.15) is 4.98 Å². The zero-order chi connectivity index (χ0) is 24.5. The van der Waals surface area contributed by atoms with Gasteiger partial charge < -0.3 is 21.4 Å². The Labute approximate surface area is 199 Å². The molecule has 0 spiro atoms. The SMILES string of the molecule is NCc1ccc(-n2cc3cc(-c4cc(F)c(C(=O)NC5CCNCC5)c(F)c4)[nH]c3nc2=O)cc1.